The van der Waals surface area contributed by atoms with Gasteiger partial charge >= 0.3 is 0 Å². The van der Waals surface area contributed by atoms with Gasteiger partial charge in [-0.2, -0.15) is 10.2 Å². The summed E-state index contributed by atoms with van der Waals surface area (Å²) in [6.45, 7) is 4.39. The Hall–Kier alpha value is -3.57. The third-order valence-corrected chi connectivity index (χ3v) is 10.1. The van der Waals surface area contributed by atoms with E-state index in [-0.39, 0.29) is 11.8 Å². The number of thiazole rings is 1. The molecule has 208 valence electrons. The summed E-state index contributed by atoms with van der Waals surface area (Å²) in [6, 6.07) is 1.71. The third-order valence-electron chi connectivity index (χ3n) is 8.93. The lowest BCUT2D eigenvalue weighted by atomic mass is 9.64. The Morgan fingerprint density at radius 3 is 2.83 bits per heavy atom. The lowest BCUT2D eigenvalue weighted by Gasteiger charge is -2.42. The maximum Gasteiger partial charge on any atom is 0.260 e. The smallest absolute Gasteiger partial charge is 0.260 e. The van der Waals surface area contributed by atoms with Crippen molar-refractivity contribution >= 4 is 33.7 Å². The quantitative estimate of drug-likeness (QED) is 0.339. The first-order chi connectivity index (χ1) is 19.5. The largest absolute Gasteiger partial charge is 0.373 e. The first kappa shape index (κ1) is 25.4. The van der Waals surface area contributed by atoms with Gasteiger partial charge in [0.15, 0.2) is 0 Å². The second kappa shape index (κ2) is 10.4. The minimum Gasteiger partial charge on any atom is -0.373 e. The van der Waals surface area contributed by atoms with Crippen LogP contribution >= 0.6 is 11.3 Å². The van der Waals surface area contributed by atoms with Gasteiger partial charge < -0.3 is 15.4 Å². The minimum absolute atomic E-state index is 0.159. The second-order valence-electron chi connectivity index (χ2n) is 11.3. The number of anilines is 1. The molecule has 1 unspecified atom stereocenters. The van der Waals surface area contributed by atoms with Crippen molar-refractivity contribution in [2.75, 3.05) is 18.5 Å². The number of fused-ring (bicyclic) bond motifs is 5. The maximum atomic E-state index is 13.3. The SMILES string of the molecule is Cc1ncc(C(=O)NCCC2CC3CCC2CC3)cc1NC(=O)c1cnn2cc(-c3cnn4c3COCC4)sc12. The van der Waals surface area contributed by atoms with E-state index in [9.17, 15) is 9.59 Å². The number of carbonyl (C=O) groups is 2. The topological polar surface area (TPSA) is 115 Å². The summed E-state index contributed by atoms with van der Waals surface area (Å²) in [5.41, 5.74) is 4.09. The van der Waals surface area contributed by atoms with E-state index in [1.54, 1.807) is 23.0 Å². The molecule has 4 aromatic rings. The number of amides is 2. The Morgan fingerprint density at radius 2 is 2.00 bits per heavy atom. The molecule has 2 amide bonds. The molecule has 0 radical (unpaired) electrons. The maximum absolute atomic E-state index is 13.3. The second-order valence-corrected chi connectivity index (χ2v) is 12.3. The highest BCUT2D eigenvalue weighted by Gasteiger charge is 2.35. The Bertz CT molecular complexity index is 1580. The van der Waals surface area contributed by atoms with Crippen molar-refractivity contribution in [1.29, 1.82) is 0 Å². The molecule has 0 spiro atoms. The summed E-state index contributed by atoms with van der Waals surface area (Å²) in [4.78, 5) is 32.4. The standard InChI is InChI=1S/C29H33N7O3S/c1-17-24(11-21(12-31-17)27(37)30-7-6-20-10-18-2-4-19(20)5-3-18)34-28(38)23-14-33-36-15-26(40-29(23)36)22-13-32-35-8-9-39-16-25(22)35/h11-15,18-20H,2-10,16H2,1H3,(H,30,37)(H,34,38). The molecule has 4 aromatic heterocycles. The van der Waals surface area contributed by atoms with Crippen molar-refractivity contribution in [3.05, 3.63) is 53.4 Å². The fourth-order valence-corrected chi connectivity index (χ4v) is 7.75. The Labute approximate surface area is 236 Å². The fourth-order valence-electron chi connectivity index (χ4n) is 6.66. The molecule has 1 aliphatic heterocycles. The first-order valence-corrected chi connectivity index (χ1v) is 15.0. The molecular weight excluding hydrogens is 526 g/mol. The van der Waals surface area contributed by atoms with E-state index in [4.69, 9.17) is 4.74 Å². The molecule has 40 heavy (non-hydrogen) atoms. The molecule has 10 nitrogen and oxygen atoms in total. The highest BCUT2D eigenvalue weighted by molar-refractivity contribution is 7.21. The van der Waals surface area contributed by atoms with Crippen LogP contribution in [0.3, 0.4) is 0 Å². The molecule has 2 N–H and O–H groups in total. The van der Waals surface area contributed by atoms with Crippen LogP contribution in [0.1, 0.15) is 70.6 Å². The highest BCUT2D eigenvalue weighted by atomic mass is 32.1. The number of rotatable bonds is 7. The summed E-state index contributed by atoms with van der Waals surface area (Å²) < 4.78 is 9.30. The summed E-state index contributed by atoms with van der Waals surface area (Å²) >= 11 is 1.49. The first-order valence-electron chi connectivity index (χ1n) is 14.2. The number of hydrogen-bond donors (Lipinski definition) is 2. The number of aromatic nitrogens is 5. The van der Waals surface area contributed by atoms with E-state index in [1.165, 1.54) is 43.4 Å². The van der Waals surface area contributed by atoms with Gasteiger partial charge in [0.05, 0.1) is 65.2 Å². The van der Waals surface area contributed by atoms with Gasteiger partial charge in [-0.3, -0.25) is 19.3 Å². The van der Waals surface area contributed by atoms with Crippen LogP contribution < -0.4 is 10.6 Å². The normalized spacial score (nSPS) is 21.9. The van der Waals surface area contributed by atoms with Crippen molar-refractivity contribution in [2.45, 2.75) is 58.6 Å². The lowest BCUT2D eigenvalue weighted by molar-refractivity contribution is 0.0804. The van der Waals surface area contributed by atoms with Crippen molar-refractivity contribution in [1.82, 2.24) is 29.7 Å². The van der Waals surface area contributed by atoms with Gasteiger partial charge in [-0.25, -0.2) is 4.52 Å². The van der Waals surface area contributed by atoms with E-state index in [0.29, 0.717) is 42.3 Å². The summed E-state index contributed by atoms with van der Waals surface area (Å²) in [7, 11) is 0. The van der Waals surface area contributed by atoms with Crippen LogP contribution in [0, 0.1) is 24.7 Å². The summed E-state index contributed by atoms with van der Waals surface area (Å²) in [6.07, 6.45) is 14.7. The molecule has 1 atom stereocenters. The molecule has 3 saturated carbocycles. The van der Waals surface area contributed by atoms with Gasteiger partial charge in [-0.15, -0.1) is 11.3 Å². The Morgan fingerprint density at radius 1 is 1.12 bits per heavy atom. The molecule has 4 aliphatic rings. The molecular formula is C29H33N7O3S. The lowest BCUT2D eigenvalue weighted by Crippen LogP contribution is -2.34. The molecule has 5 heterocycles. The summed E-state index contributed by atoms with van der Waals surface area (Å²) in [5, 5.41) is 14.9. The van der Waals surface area contributed by atoms with Crippen molar-refractivity contribution in [2.24, 2.45) is 17.8 Å². The van der Waals surface area contributed by atoms with E-state index in [2.05, 4.69) is 25.8 Å². The zero-order chi connectivity index (χ0) is 27.2. The number of aryl methyl sites for hydroxylation is 1. The number of pyridine rings is 1. The van der Waals surface area contributed by atoms with Crippen LogP contribution in [0.2, 0.25) is 0 Å². The molecule has 0 aromatic carbocycles. The minimum atomic E-state index is -0.293. The molecule has 3 aliphatic carbocycles. The van der Waals surface area contributed by atoms with Crippen LogP contribution in [0.15, 0.2) is 30.9 Å². The van der Waals surface area contributed by atoms with Crippen LogP contribution in [0.5, 0.6) is 0 Å². The Kier molecular flexibility index (Phi) is 6.63. The molecule has 11 heteroatoms. The van der Waals surface area contributed by atoms with Gasteiger partial charge in [0.2, 0.25) is 0 Å². The number of hydrogen-bond acceptors (Lipinski definition) is 7. The highest BCUT2D eigenvalue weighted by Crippen LogP contribution is 2.46. The predicted octanol–water partition coefficient (Wildman–Crippen LogP) is 4.69. The third kappa shape index (κ3) is 4.71. The van der Waals surface area contributed by atoms with Gasteiger partial charge in [-0.05, 0) is 56.4 Å². The number of nitrogens with zero attached hydrogens (tertiary/aromatic N) is 5. The molecule has 2 bridgehead atoms. The number of carbonyl (C=O) groups excluding carboxylic acids is 2. The molecule has 0 saturated heterocycles. The van der Waals surface area contributed by atoms with Gasteiger partial charge in [0.25, 0.3) is 11.8 Å². The number of ether oxygens (including phenoxy) is 1. The number of nitrogens with one attached hydrogen (secondary N) is 2. The molecule has 8 rings (SSSR count). The van der Waals surface area contributed by atoms with E-state index < -0.39 is 0 Å². The zero-order valence-electron chi connectivity index (χ0n) is 22.6. The monoisotopic (exact) mass is 559 g/mol. The Balaban J connectivity index is 1.03. The van der Waals surface area contributed by atoms with E-state index in [1.807, 2.05) is 24.0 Å². The van der Waals surface area contributed by atoms with Gasteiger partial charge in [0.1, 0.15) is 4.83 Å². The predicted molar refractivity (Wildman–Crippen MR) is 151 cm³/mol. The van der Waals surface area contributed by atoms with Gasteiger partial charge in [0, 0.05) is 24.5 Å². The van der Waals surface area contributed by atoms with E-state index in [0.717, 1.165) is 51.7 Å². The van der Waals surface area contributed by atoms with Crippen molar-refractivity contribution in [3.8, 4) is 10.4 Å². The van der Waals surface area contributed by atoms with Crippen LogP contribution in [-0.2, 0) is 17.9 Å². The van der Waals surface area contributed by atoms with Crippen molar-refractivity contribution in [3.63, 3.8) is 0 Å². The van der Waals surface area contributed by atoms with E-state index >= 15 is 0 Å². The van der Waals surface area contributed by atoms with Gasteiger partial charge in [-0.1, -0.05) is 12.8 Å². The fraction of sp³-hybridized carbons (Fsp3) is 0.483. The molecule has 3 fully saturated rings. The van der Waals surface area contributed by atoms with Crippen LogP contribution in [0.4, 0.5) is 5.69 Å². The average molecular weight is 560 g/mol. The summed E-state index contributed by atoms with van der Waals surface area (Å²) in [5.74, 6) is 2.01. The average Bonchev–Trinajstić information content (AvgIpc) is 3.69. The van der Waals surface area contributed by atoms with Crippen molar-refractivity contribution < 1.29 is 14.3 Å². The van der Waals surface area contributed by atoms with Crippen LogP contribution in [-0.4, -0.2) is 49.3 Å². The zero-order valence-corrected chi connectivity index (χ0v) is 23.4. The van der Waals surface area contributed by atoms with Crippen LogP contribution in [0.25, 0.3) is 15.3 Å².